The minimum Gasteiger partial charge on any atom is -0.478 e. The van der Waals surface area contributed by atoms with E-state index in [9.17, 15) is 13.2 Å². The summed E-state index contributed by atoms with van der Waals surface area (Å²) in [5.74, 6) is -1.04. The SMILES string of the molecule is CS(=O)(=O)c1ccc2c(c1)oc1cc(C(=O)O)ccc12. The Labute approximate surface area is 114 Å². The van der Waals surface area contributed by atoms with Gasteiger partial charge in [-0.25, -0.2) is 13.2 Å². The molecule has 0 spiro atoms. The van der Waals surface area contributed by atoms with Gasteiger partial charge in [0.05, 0.1) is 10.5 Å². The second-order valence-electron chi connectivity index (χ2n) is 4.55. The van der Waals surface area contributed by atoms with Gasteiger partial charge in [0.15, 0.2) is 9.84 Å². The van der Waals surface area contributed by atoms with Crippen LogP contribution in [0.1, 0.15) is 10.4 Å². The predicted molar refractivity (Wildman–Crippen MR) is 73.8 cm³/mol. The average Bonchev–Trinajstić information content (AvgIpc) is 2.73. The number of sulfone groups is 1. The molecular formula is C14H10O5S. The molecule has 1 heterocycles. The van der Waals surface area contributed by atoms with Crippen molar-refractivity contribution in [3.63, 3.8) is 0 Å². The van der Waals surface area contributed by atoms with Crippen LogP contribution in [-0.4, -0.2) is 25.7 Å². The highest BCUT2D eigenvalue weighted by molar-refractivity contribution is 7.90. The maximum Gasteiger partial charge on any atom is 0.335 e. The first-order valence-corrected chi connectivity index (χ1v) is 7.65. The number of carboxylic acids is 1. The lowest BCUT2D eigenvalue weighted by molar-refractivity contribution is 0.0697. The molecule has 0 unspecified atom stereocenters. The van der Waals surface area contributed by atoms with E-state index in [-0.39, 0.29) is 10.5 Å². The summed E-state index contributed by atoms with van der Waals surface area (Å²) in [6, 6.07) is 9.20. The highest BCUT2D eigenvalue weighted by atomic mass is 32.2. The van der Waals surface area contributed by atoms with Crippen molar-refractivity contribution in [2.75, 3.05) is 6.26 Å². The Balaban J connectivity index is 2.33. The molecular weight excluding hydrogens is 280 g/mol. The van der Waals surface area contributed by atoms with E-state index in [2.05, 4.69) is 0 Å². The van der Waals surface area contributed by atoms with E-state index in [0.29, 0.717) is 11.2 Å². The lowest BCUT2D eigenvalue weighted by Gasteiger charge is -1.96. The molecule has 0 fully saturated rings. The summed E-state index contributed by atoms with van der Waals surface area (Å²) in [4.78, 5) is 11.1. The van der Waals surface area contributed by atoms with Crippen LogP contribution in [0.4, 0.5) is 0 Å². The summed E-state index contributed by atoms with van der Waals surface area (Å²) in [6.45, 7) is 0. The zero-order valence-electron chi connectivity index (χ0n) is 10.5. The van der Waals surface area contributed by atoms with Gasteiger partial charge in [-0.1, -0.05) is 0 Å². The second kappa shape index (κ2) is 4.08. The van der Waals surface area contributed by atoms with Gasteiger partial charge in [0, 0.05) is 23.1 Å². The number of hydrogen-bond donors (Lipinski definition) is 1. The molecule has 20 heavy (non-hydrogen) atoms. The number of fused-ring (bicyclic) bond motifs is 3. The van der Waals surface area contributed by atoms with Crippen molar-refractivity contribution < 1.29 is 22.7 Å². The van der Waals surface area contributed by atoms with Crippen molar-refractivity contribution in [2.24, 2.45) is 0 Å². The summed E-state index contributed by atoms with van der Waals surface area (Å²) < 4.78 is 28.6. The Morgan fingerprint density at radius 2 is 1.65 bits per heavy atom. The van der Waals surface area contributed by atoms with Crippen molar-refractivity contribution in [2.45, 2.75) is 4.90 Å². The third kappa shape index (κ3) is 1.94. The van der Waals surface area contributed by atoms with Crippen LogP contribution in [-0.2, 0) is 9.84 Å². The van der Waals surface area contributed by atoms with E-state index in [0.717, 1.165) is 17.0 Å². The first kappa shape index (κ1) is 12.7. The highest BCUT2D eigenvalue weighted by Crippen LogP contribution is 2.30. The molecule has 102 valence electrons. The summed E-state index contributed by atoms with van der Waals surface area (Å²) in [5.41, 5.74) is 0.968. The summed E-state index contributed by atoms with van der Waals surface area (Å²) >= 11 is 0. The van der Waals surface area contributed by atoms with Gasteiger partial charge < -0.3 is 9.52 Å². The molecule has 0 atom stereocenters. The minimum absolute atomic E-state index is 0.125. The maximum absolute atomic E-state index is 11.5. The van der Waals surface area contributed by atoms with Gasteiger partial charge in [0.25, 0.3) is 0 Å². The number of furan rings is 1. The first-order valence-electron chi connectivity index (χ1n) is 5.76. The largest absolute Gasteiger partial charge is 0.478 e. The quantitative estimate of drug-likeness (QED) is 0.784. The van der Waals surface area contributed by atoms with E-state index in [1.165, 1.54) is 24.3 Å². The summed E-state index contributed by atoms with van der Waals surface area (Å²) in [7, 11) is -3.31. The predicted octanol–water partition coefficient (Wildman–Crippen LogP) is 2.69. The minimum atomic E-state index is -3.31. The van der Waals surface area contributed by atoms with Crippen molar-refractivity contribution >= 4 is 37.7 Å². The zero-order chi connectivity index (χ0) is 14.5. The zero-order valence-corrected chi connectivity index (χ0v) is 11.3. The van der Waals surface area contributed by atoms with Crippen LogP contribution in [0.2, 0.25) is 0 Å². The van der Waals surface area contributed by atoms with Crippen LogP contribution < -0.4 is 0 Å². The number of carbonyl (C=O) groups is 1. The van der Waals surface area contributed by atoms with Gasteiger partial charge in [-0.2, -0.15) is 0 Å². The van der Waals surface area contributed by atoms with Crippen LogP contribution in [0.3, 0.4) is 0 Å². The smallest absolute Gasteiger partial charge is 0.335 e. The van der Waals surface area contributed by atoms with E-state index in [4.69, 9.17) is 9.52 Å². The monoisotopic (exact) mass is 290 g/mol. The van der Waals surface area contributed by atoms with E-state index in [1.807, 2.05) is 0 Å². The van der Waals surface area contributed by atoms with Crippen molar-refractivity contribution in [1.29, 1.82) is 0 Å². The molecule has 0 aliphatic heterocycles. The van der Waals surface area contributed by atoms with Crippen molar-refractivity contribution in [3.05, 3.63) is 42.0 Å². The van der Waals surface area contributed by atoms with Crippen molar-refractivity contribution in [3.8, 4) is 0 Å². The summed E-state index contributed by atoms with van der Waals surface area (Å²) in [6.07, 6.45) is 1.12. The number of carboxylic acid groups (broad SMARTS) is 1. The van der Waals surface area contributed by atoms with E-state index in [1.54, 1.807) is 12.1 Å². The molecule has 2 aromatic carbocycles. The van der Waals surface area contributed by atoms with Crippen LogP contribution in [0.5, 0.6) is 0 Å². The van der Waals surface area contributed by atoms with Crippen LogP contribution in [0.15, 0.2) is 45.7 Å². The maximum atomic E-state index is 11.5. The molecule has 0 amide bonds. The fourth-order valence-electron chi connectivity index (χ4n) is 2.12. The Hall–Kier alpha value is -2.34. The van der Waals surface area contributed by atoms with Gasteiger partial charge in [0.2, 0.25) is 0 Å². The molecule has 3 aromatic rings. The molecule has 1 aromatic heterocycles. The van der Waals surface area contributed by atoms with Crippen LogP contribution >= 0.6 is 0 Å². The van der Waals surface area contributed by atoms with Gasteiger partial charge >= 0.3 is 5.97 Å². The first-order chi connectivity index (χ1) is 9.36. The standard InChI is InChI=1S/C14H10O5S/c1-20(17,18)9-3-5-11-10-4-2-8(14(15)16)6-12(10)19-13(11)7-9/h2-7H,1H3,(H,15,16). The molecule has 0 aliphatic rings. The Bertz CT molecular complexity index is 950. The fraction of sp³-hybridized carbons (Fsp3) is 0.0714. The number of hydrogen-bond acceptors (Lipinski definition) is 4. The molecule has 0 aliphatic carbocycles. The fourth-order valence-corrected chi connectivity index (χ4v) is 2.76. The Morgan fingerprint density at radius 1 is 1.05 bits per heavy atom. The third-order valence-electron chi connectivity index (χ3n) is 3.12. The molecule has 1 N–H and O–H groups in total. The lowest BCUT2D eigenvalue weighted by atomic mass is 10.1. The Kier molecular flexibility index (Phi) is 2.58. The number of rotatable bonds is 2. The van der Waals surface area contributed by atoms with Crippen LogP contribution in [0.25, 0.3) is 21.9 Å². The summed E-state index contributed by atoms with van der Waals surface area (Å²) in [5, 5.41) is 10.5. The van der Waals surface area contributed by atoms with Gasteiger partial charge in [-0.05, 0) is 30.3 Å². The molecule has 0 bridgehead atoms. The molecule has 0 saturated carbocycles. The topological polar surface area (TPSA) is 84.6 Å². The lowest BCUT2D eigenvalue weighted by Crippen LogP contribution is -1.95. The molecule has 6 heteroatoms. The highest BCUT2D eigenvalue weighted by Gasteiger charge is 2.13. The molecule has 0 radical (unpaired) electrons. The van der Waals surface area contributed by atoms with Crippen LogP contribution in [0, 0.1) is 0 Å². The Morgan fingerprint density at radius 3 is 2.25 bits per heavy atom. The molecule has 3 rings (SSSR count). The van der Waals surface area contributed by atoms with E-state index < -0.39 is 15.8 Å². The number of benzene rings is 2. The van der Waals surface area contributed by atoms with Gasteiger partial charge in [0.1, 0.15) is 11.2 Å². The van der Waals surface area contributed by atoms with Gasteiger partial charge in [-0.3, -0.25) is 0 Å². The van der Waals surface area contributed by atoms with E-state index >= 15 is 0 Å². The number of aromatic carboxylic acids is 1. The molecule has 0 saturated heterocycles. The van der Waals surface area contributed by atoms with Crippen molar-refractivity contribution in [1.82, 2.24) is 0 Å². The normalized spacial score (nSPS) is 12.1. The third-order valence-corrected chi connectivity index (χ3v) is 4.23. The molecule has 5 nitrogen and oxygen atoms in total. The second-order valence-corrected chi connectivity index (χ2v) is 6.56. The average molecular weight is 290 g/mol. The van der Waals surface area contributed by atoms with Gasteiger partial charge in [-0.15, -0.1) is 0 Å².